The molecule has 1 aromatic heterocycles. The Morgan fingerprint density at radius 3 is 2.83 bits per heavy atom. The van der Waals surface area contributed by atoms with E-state index in [2.05, 4.69) is 15.6 Å². The van der Waals surface area contributed by atoms with Crippen LogP contribution in [0.5, 0.6) is 0 Å². The Kier molecular flexibility index (Phi) is 4.98. The number of hydrogen-bond donors (Lipinski definition) is 2. The van der Waals surface area contributed by atoms with Crippen molar-refractivity contribution < 1.29 is 14.4 Å². The van der Waals surface area contributed by atoms with Gasteiger partial charge in [-0.1, -0.05) is 29.8 Å². The zero-order chi connectivity index (χ0) is 17.1. The number of nitrogens with one attached hydrogen (secondary N) is 2. The van der Waals surface area contributed by atoms with E-state index in [-0.39, 0.29) is 4.91 Å². The number of carbonyl (C=O) groups is 3. The van der Waals surface area contributed by atoms with Crippen LogP contribution in [0.15, 0.2) is 41.4 Å². The molecule has 24 heavy (non-hydrogen) atoms. The molecule has 3 amide bonds. The number of nitrogens with zero attached hydrogens (tertiary/aromatic N) is 1. The summed E-state index contributed by atoms with van der Waals surface area (Å²) in [5.41, 5.74) is 0.973. The molecule has 9 heteroatoms. The number of halogens is 1. The second-order valence-corrected chi connectivity index (χ2v) is 7.28. The zero-order valence-electron chi connectivity index (χ0n) is 12.0. The predicted molar refractivity (Wildman–Crippen MR) is 94.2 cm³/mol. The van der Waals surface area contributed by atoms with Crippen molar-refractivity contribution in [2.24, 2.45) is 0 Å². The number of hydrogen-bond acceptors (Lipinski definition) is 6. The second-order valence-electron chi connectivity index (χ2n) is 4.74. The van der Waals surface area contributed by atoms with E-state index in [0.29, 0.717) is 28.3 Å². The van der Waals surface area contributed by atoms with E-state index in [1.807, 2.05) is 24.3 Å². The molecule has 122 valence electrons. The number of aromatic nitrogens is 1. The number of imide groups is 1. The molecule has 0 saturated carbocycles. The van der Waals surface area contributed by atoms with Crippen LogP contribution in [0.25, 0.3) is 0 Å². The number of carbonyl (C=O) groups excluding carboxylic acids is 3. The Bertz CT molecular complexity index is 863. The fourth-order valence-corrected chi connectivity index (χ4v) is 3.65. The summed E-state index contributed by atoms with van der Waals surface area (Å²) in [6.45, 7) is 0. The molecule has 0 atom stereocenters. The molecule has 0 radical (unpaired) electrons. The van der Waals surface area contributed by atoms with Crippen LogP contribution in [-0.4, -0.2) is 22.0 Å². The molecule has 1 aromatic carbocycles. The maximum atomic E-state index is 11.9. The highest BCUT2D eigenvalue weighted by atomic mass is 35.5. The fourth-order valence-electron chi connectivity index (χ4n) is 1.96. The van der Waals surface area contributed by atoms with Gasteiger partial charge in [0, 0.05) is 28.6 Å². The Morgan fingerprint density at radius 2 is 2.12 bits per heavy atom. The largest absolute Gasteiger partial charge is 0.298 e. The summed E-state index contributed by atoms with van der Waals surface area (Å²) in [7, 11) is 0. The topological polar surface area (TPSA) is 88.2 Å². The highest BCUT2D eigenvalue weighted by molar-refractivity contribution is 8.18. The van der Waals surface area contributed by atoms with Crippen LogP contribution in [0.4, 0.5) is 9.93 Å². The molecule has 1 fully saturated rings. The van der Waals surface area contributed by atoms with Crippen LogP contribution in [0.2, 0.25) is 5.02 Å². The third kappa shape index (κ3) is 4.02. The van der Waals surface area contributed by atoms with Crippen molar-refractivity contribution in [1.82, 2.24) is 10.3 Å². The molecule has 1 saturated heterocycles. The van der Waals surface area contributed by atoms with E-state index < -0.39 is 17.1 Å². The number of amides is 3. The molecule has 1 aliphatic heterocycles. The summed E-state index contributed by atoms with van der Waals surface area (Å²) in [6, 6.07) is 7.51. The summed E-state index contributed by atoms with van der Waals surface area (Å²) in [5, 5.41) is 5.26. The number of anilines is 1. The van der Waals surface area contributed by atoms with E-state index in [4.69, 9.17) is 11.6 Å². The highest BCUT2D eigenvalue weighted by Gasteiger charge is 2.26. The lowest BCUT2D eigenvalue weighted by atomic mass is 10.1. The van der Waals surface area contributed by atoms with Gasteiger partial charge >= 0.3 is 0 Å². The van der Waals surface area contributed by atoms with Crippen molar-refractivity contribution in [2.45, 2.75) is 6.42 Å². The van der Waals surface area contributed by atoms with Gasteiger partial charge in [-0.3, -0.25) is 25.0 Å². The lowest BCUT2D eigenvalue weighted by molar-refractivity contribution is -0.116. The van der Waals surface area contributed by atoms with Gasteiger partial charge in [0.05, 0.1) is 4.91 Å². The fraction of sp³-hybridized carbons (Fsp3) is 0.0667. The van der Waals surface area contributed by atoms with Crippen molar-refractivity contribution in [3.8, 4) is 0 Å². The van der Waals surface area contributed by atoms with Crippen LogP contribution < -0.4 is 10.6 Å². The van der Waals surface area contributed by atoms with E-state index in [1.54, 1.807) is 6.20 Å². The van der Waals surface area contributed by atoms with Gasteiger partial charge in [-0.2, -0.15) is 0 Å². The molecule has 0 unspecified atom stereocenters. The summed E-state index contributed by atoms with van der Waals surface area (Å²) >= 11 is 8.13. The Morgan fingerprint density at radius 1 is 1.33 bits per heavy atom. The smallest absolute Gasteiger partial charge is 0.290 e. The van der Waals surface area contributed by atoms with Crippen molar-refractivity contribution >= 4 is 56.9 Å². The first-order valence-corrected chi connectivity index (χ1v) is 8.76. The van der Waals surface area contributed by atoms with Crippen LogP contribution >= 0.6 is 34.7 Å². The lowest BCUT2D eigenvalue weighted by Crippen LogP contribution is -2.18. The van der Waals surface area contributed by atoms with Crippen LogP contribution in [0, 0.1) is 0 Å². The van der Waals surface area contributed by atoms with E-state index in [1.165, 1.54) is 11.3 Å². The first-order chi connectivity index (χ1) is 11.5. The Balaban J connectivity index is 1.65. The van der Waals surface area contributed by atoms with Crippen LogP contribution in [0.1, 0.15) is 10.4 Å². The Hall–Kier alpha value is -2.16. The molecule has 3 rings (SSSR count). The first-order valence-electron chi connectivity index (χ1n) is 6.75. The number of thioether (sulfide) groups is 1. The molecule has 1 aliphatic rings. The van der Waals surface area contributed by atoms with E-state index >= 15 is 0 Å². The highest BCUT2D eigenvalue weighted by Crippen LogP contribution is 2.26. The van der Waals surface area contributed by atoms with Crippen molar-refractivity contribution in [2.75, 3.05) is 5.32 Å². The number of thiazole rings is 1. The number of benzene rings is 1. The van der Waals surface area contributed by atoms with Crippen molar-refractivity contribution in [1.29, 1.82) is 0 Å². The third-order valence-corrected chi connectivity index (χ3v) is 5.10. The molecule has 2 N–H and O–H groups in total. The quantitative estimate of drug-likeness (QED) is 0.796. The van der Waals surface area contributed by atoms with E-state index in [9.17, 15) is 14.4 Å². The molecule has 6 nitrogen and oxygen atoms in total. The van der Waals surface area contributed by atoms with E-state index in [0.717, 1.165) is 16.5 Å². The van der Waals surface area contributed by atoms with Gasteiger partial charge in [0.1, 0.15) is 0 Å². The van der Waals surface area contributed by atoms with Crippen molar-refractivity contribution in [3.05, 3.63) is 56.9 Å². The zero-order valence-corrected chi connectivity index (χ0v) is 14.4. The van der Waals surface area contributed by atoms with Crippen LogP contribution in [-0.2, 0) is 16.0 Å². The summed E-state index contributed by atoms with van der Waals surface area (Å²) in [5.74, 6) is -1.08. The summed E-state index contributed by atoms with van der Waals surface area (Å²) in [4.78, 5) is 39.5. The van der Waals surface area contributed by atoms with Gasteiger partial charge < -0.3 is 0 Å². The van der Waals surface area contributed by atoms with Gasteiger partial charge in [0.15, 0.2) is 5.13 Å². The van der Waals surface area contributed by atoms with Gasteiger partial charge in [-0.25, -0.2) is 4.98 Å². The van der Waals surface area contributed by atoms with Crippen LogP contribution in [0.3, 0.4) is 0 Å². The predicted octanol–water partition coefficient (Wildman–Crippen LogP) is 3.19. The lowest BCUT2D eigenvalue weighted by Gasteiger charge is -2.00. The second kappa shape index (κ2) is 7.16. The SMILES string of the molecule is O=C(/C=C1\SC(=O)NC1=O)Nc1ncc(Cc2ccccc2Cl)s1. The normalized spacial score (nSPS) is 15.6. The van der Waals surface area contributed by atoms with Gasteiger partial charge in [0.2, 0.25) is 0 Å². The maximum absolute atomic E-state index is 11.9. The molecule has 2 aromatic rings. The standard InChI is InChI=1S/C15H10ClN3O3S2/c16-10-4-2-1-3-8(10)5-9-7-17-14(23-9)18-12(20)6-11-13(21)19-15(22)24-11/h1-4,6-7H,5H2,(H,17,18,20)(H,19,21,22)/b11-6-. The summed E-state index contributed by atoms with van der Waals surface area (Å²) < 4.78 is 0. The van der Waals surface area contributed by atoms with Gasteiger partial charge in [0.25, 0.3) is 17.1 Å². The molecular formula is C15H10ClN3O3S2. The molecule has 0 aliphatic carbocycles. The minimum atomic E-state index is -0.571. The average Bonchev–Trinajstić information content (AvgIpc) is 3.08. The maximum Gasteiger partial charge on any atom is 0.290 e. The molecule has 2 heterocycles. The molecule has 0 bridgehead atoms. The first kappa shape index (κ1) is 16.7. The minimum absolute atomic E-state index is 0.0605. The number of rotatable bonds is 4. The molecular weight excluding hydrogens is 370 g/mol. The average molecular weight is 380 g/mol. The van der Waals surface area contributed by atoms with Gasteiger partial charge in [-0.05, 0) is 23.4 Å². The third-order valence-electron chi connectivity index (χ3n) is 3.01. The molecule has 0 spiro atoms. The van der Waals surface area contributed by atoms with Crippen molar-refractivity contribution in [3.63, 3.8) is 0 Å². The van der Waals surface area contributed by atoms with Gasteiger partial charge in [-0.15, -0.1) is 11.3 Å². The minimum Gasteiger partial charge on any atom is -0.298 e. The monoisotopic (exact) mass is 379 g/mol. The Labute approximate surface area is 150 Å². The summed E-state index contributed by atoms with van der Waals surface area (Å²) in [6.07, 6.45) is 3.36.